The normalized spacial score (nSPS) is 14.8. The van der Waals surface area contributed by atoms with Crippen LogP contribution in [0.5, 0.6) is 5.75 Å². The van der Waals surface area contributed by atoms with Gasteiger partial charge in [-0.15, -0.1) is 0 Å². The van der Waals surface area contributed by atoms with Crippen LogP contribution in [0.2, 0.25) is 5.02 Å². The molecule has 8 nitrogen and oxygen atoms in total. The fourth-order valence-electron chi connectivity index (χ4n) is 4.16. The predicted molar refractivity (Wildman–Crippen MR) is 137 cm³/mol. The summed E-state index contributed by atoms with van der Waals surface area (Å²) in [4.78, 5) is 27.9. The van der Waals surface area contributed by atoms with E-state index in [4.69, 9.17) is 16.3 Å². The summed E-state index contributed by atoms with van der Waals surface area (Å²) in [6.07, 6.45) is 4.80. The van der Waals surface area contributed by atoms with Crippen LogP contribution >= 0.6 is 11.6 Å². The number of halogens is 2. The minimum atomic E-state index is -3.93. The van der Waals surface area contributed by atoms with Gasteiger partial charge in [-0.05, 0) is 55.7 Å². The number of methoxy groups -OCH3 is 1. The fourth-order valence-corrected chi connectivity index (χ4v) is 5.17. The Morgan fingerprint density at radius 2 is 1.81 bits per heavy atom. The van der Waals surface area contributed by atoms with Gasteiger partial charge >= 0.3 is 0 Å². The molecule has 0 bridgehead atoms. The number of carbonyl (C=O) groups excluding carboxylic acids is 2. The summed E-state index contributed by atoms with van der Waals surface area (Å²) < 4.78 is 44.9. The molecule has 2 amide bonds. The van der Waals surface area contributed by atoms with Gasteiger partial charge < -0.3 is 15.0 Å². The average Bonchev–Trinajstić information content (AvgIpc) is 3.35. The summed E-state index contributed by atoms with van der Waals surface area (Å²) in [5, 5.41) is 2.73. The first-order valence-corrected chi connectivity index (χ1v) is 13.9. The molecule has 196 valence electrons. The number of hydrogen-bond acceptors (Lipinski definition) is 5. The van der Waals surface area contributed by atoms with Gasteiger partial charge in [-0.3, -0.25) is 13.9 Å². The monoisotopic (exact) mass is 539 g/mol. The standard InChI is InChI=1S/C25H31ClFN3O5S/c1-17(25(32)28-19-6-4-5-7-19)29(15-18-8-11-21(35-2)12-9-18)24(31)16-30(36(3,33)34)20-10-13-23(27)22(26)14-20/h8-14,17,19H,4-7,15-16H2,1-3H3,(H,28,32)/t17-/m0/s1. The molecular weight excluding hydrogens is 509 g/mol. The van der Waals surface area contributed by atoms with Gasteiger partial charge in [0.25, 0.3) is 0 Å². The van der Waals surface area contributed by atoms with Gasteiger partial charge in [-0.2, -0.15) is 0 Å². The minimum absolute atomic E-state index is 0.0460. The molecule has 3 rings (SSSR count). The van der Waals surface area contributed by atoms with E-state index >= 15 is 0 Å². The van der Waals surface area contributed by atoms with Crippen molar-refractivity contribution in [3.8, 4) is 5.75 Å². The molecular formula is C25H31ClFN3O5S. The van der Waals surface area contributed by atoms with Crippen LogP contribution in [0.25, 0.3) is 0 Å². The van der Waals surface area contributed by atoms with Crippen LogP contribution in [0.15, 0.2) is 42.5 Å². The molecule has 0 heterocycles. The number of anilines is 1. The molecule has 2 aromatic rings. The highest BCUT2D eigenvalue weighted by Gasteiger charge is 2.31. The second-order valence-corrected chi connectivity index (χ2v) is 11.2. The highest BCUT2D eigenvalue weighted by atomic mass is 35.5. The number of ether oxygens (including phenoxy) is 1. The van der Waals surface area contributed by atoms with E-state index in [0.717, 1.165) is 53.9 Å². The smallest absolute Gasteiger partial charge is 0.244 e. The average molecular weight is 540 g/mol. The van der Waals surface area contributed by atoms with Crippen LogP contribution in [-0.4, -0.2) is 57.1 Å². The Bertz CT molecular complexity index is 1190. The lowest BCUT2D eigenvalue weighted by Gasteiger charge is -2.32. The van der Waals surface area contributed by atoms with Crippen LogP contribution in [0.3, 0.4) is 0 Å². The second kappa shape index (κ2) is 11.9. The zero-order valence-corrected chi connectivity index (χ0v) is 22.1. The number of amides is 2. The van der Waals surface area contributed by atoms with Gasteiger partial charge in [0.2, 0.25) is 21.8 Å². The van der Waals surface area contributed by atoms with Crippen molar-refractivity contribution in [2.45, 2.75) is 51.2 Å². The van der Waals surface area contributed by atoms with E-state index in [2.05, 4.69) is 5.32 Å². The van der Waals surface area contributed by atoms with Gasteiger partial charge in [-0.25, -0.2) is 12.8 Å². The molecule has 0 radical (unpaired) electrons. The number of rotatable bonds is 10. The van der Waals surface area contributed by atoms with E-state index in [1.54, 1.807) is 38.3 Å². The van der Waals surface area contributed by atoms with Crippen molar-refractivity contribution < 1.29 is 27.1 Å². The van der Waals surface area contributed by atoms with Crippen molar-refractivity contribution in [2.24, 2.45) is 0 Å². The summed E-state index contributed by atoms with van der Waals surface area (Å²) in [6, 6.07) is 9.64. The number of nitrogens with zero attached hydrogens (tertiary/aromatic N) is 2. The van der Waals surface area contributed by atoms with Gasteiger partial charge in [0.05, 0.1) is 24.1 Å². The van der Waals surface area contributed by atoms with E-state index in [9.17, 15) is 22.4 Å². The zero-order chi connectivity index (χ0) is 26.5. The maximum absolute atomic E-state index is 13.7. The maximum atomic E-state index is 13.7. The van der Waals surface area contributed by atoms with Crippen molar-refractivity contribution in [3.63, 3.8) is 0 Å². The van der Waals surface area contributed by atoms with Crippen LogP contribution in [0.4, 0.5) is 10.1 Å². The molecule has 0 aromatic heterocycles. The molecule has 1 aliphatic carbocycles. The van der Waals surface area contributed by atoms with E-state index in [0.29, 0.717) is 5.75 Å². The third-order valence-corrected chi connectivity index (χ3v) is 7.68. The minimum Gasteiger partial charge on any atom is -0.497 e. The number of sulfonamides is 1. The van der Waals surface area contributed by atoms with Crippen molar-refractivity contribution in [2.75, 3.05) is 24.2 Å². The highest BCUT2D eigenvalue weighted by molar-refractivity contribution is 7.92. The first-order chi connectivity index (χ1) is 17.0. The molecule has 0 aliphatic heterocycles. The molecule has 2 aromatic carbocycles. The molecule has 1 fully saturated rings. The van der Waals surface area contributed by atoms with Gasteiger partial charge in [0.15, 0.2) is 0 Å². The lowest BCUT2D eigenvalue weighted by molar-refractivity contribution is -0.139. The Hall–Kier alpha value is -2.85. The molecule has 1 aliphatic rings. The van der Waals surface area contributed by atoms with E-state index < -0.39 is 34.3 Å². The van der Waals surface area contributed by atoms with Crippen LogP contribution < -0.4 is 14.4 Å². The molecule has 1 saturated carbocycles. The molecule has 0 unspecified atom stereocenters. The van der Waals surface area contributed by atoms with Crippen molar-refractivity contribution in [3.05, 3.63) is 58.9 Å². The molecule has 0 saturated heterocycles. The Kier molecular flexibility index (Phi) is 9.19. The van der Waals surface area contributed by atoms with E-state index in [-0.39, 0.29) is 29.2 Å². The van der Waals surface area contributed by atoms with E-state index in [1.165, 1.54) is 11.0 Å². The van der Waals surface area contributed by atoms with Crippen molar-refractivity contribution >= 4 is 39.1 Å². The first kappa shape index (κ1) is 27.7. The fraction of sp³-hybridized carbons (Fsp3) is 0.440. The van der Waals surface area contributed by atoms with Gasteiger partial charge in [-0.1, -0.05) is 36.6 Å². The molecule has 11 heteroatoms. The summed E-state index contributed by atoms with van der Waals surface area (Å²) in [5.41, 5.74) is 0.783. The Morgan fingerprint density at radius 3 is 2.36 bits per heavy atom. The van der Waals surface area contributed by atoms with Gasteiger partial charge in [0, 0.05) is 12.6 Å². The summed E-state index contributed by atoms with van der Waals surface area (Å²) in [7, 11) is -2.39. The third-order valence-electron chi connectivity index (χ3n) is 6.25. The zero-order valence-electron chi connectivity index (χ0n) is 20.5. The van der Waals surface area contributed by atoms with E-state index in [1.807, 2.05) is 0 Å². The predicted octanol–water partition coefficient (Wildman–Crippen LogP) is 3.73. The number of nitrogens with one attached hydrogen (secondary N) is 1. The summed E-state index contributed by atoms with van der Waals surface area (Å²) in [5.74, 6) is -0.969. The van der Waals surface area contributed by atoms with Crippen LogP contribution in [-0.2, 0) is 26.2 Å². The Labute approximate surface area is 216 Å². The molecule has 36 heavy (non-hydrogen) atoms. The molecule has 1 N–H and O–H groups in total. The largest absolute Gasteiger partial charge is 0.497 e. The quantitative estimate of drug-likeness (QED) is 0.496. The SMILES string of the molecule is COc1ccc(CN(C(=O)CN(c2ccc(F)c(Cl)c2)S(C)(=O)=O)[C@@H](C)C(=O)NC2CCCC2)cc1. The first-order valence-electron chi connectivity index (χ1n) is 11.6. The highest BCUT2D eigenvalue weighted by Crippen LogP contribution is 2.25. The Balaban J connectivity index is 1.88. The summed E-state index contributed by atoms with van der Waals surface area (Å²) >= 11 is 5.86. The van der Waals surface area contributed by atoms with Gasteiger partial charge in [0.1, 0.15) is 24.2 Å². The second-order valence-electron chi connectivity index (χ2n) is 8.90. The maximum Gasteiger partial charge on any atom is 0.244 e. The summed E-state index contributed by atoms with van der Waals surface area (Å²) in [6.45, 7) is 1.10. The molecule has 1 atom stereocenters. The topological polar surface area (TPSA) is 96.0 Å². The van der Waals surface area contributed by atoms with Crippen molar-refractivity contribution in [1.82, 2.24) is 10.2 Å². The lowest BCUT2D eigenvalue weighted by atomic mass is 10.1. The molecule has 0 spiro atoms. The number of benzene rings is 2. The lowest BCUT2D eigenvalue weighted by Crippen LogP contribution is -2.52. The Morgan fingerprint density at radius 1 is 1.17 bits per heavy atom. The third kappa shape index (κ3) is 7.10. The van der Waals surface area contributed by atoms with Crippen molar-refractivity contribution in [1.29, 1.82) is 0 Å². The number of hydrogen-bond donors (Lipinski definition) is 1. The number of carbonyl (C=O) groups is 2. The van der Waals surface area contributed by atoms with Crippen LogP contribution in [0.1, 0.15) is 38.2 Å². The van der Waals surface area contributed by atoms with Crippen LogP contribution in [0, 0.1) is 5.82 Å².